The minimum Gasteiger partial charge on any atom is -0.466 e. The summed E-state index contributed by atoms with van der Waals surface area (Å²) in [5.74, 6) is 0.0495. The highest BCUT2D eigenvalue weighted by atomic mass is 16.5. The molecular weight excluding hydrogens is 783 g/mol. The van der Waals surface area contributed by atoms with Gasteiger partial charge in [0.15, 0.2) is 0 Å². The topological polar surface area (TPSA) is 93.9 Å². The smallest absolute Gasteiger partial charge is 0.305 e. The number of carbonyl (C=O) groups is 2. The van der Waals surface area contributed by atoms with Gasteiger partial charge < -0.3 is 19.5 Å². The molecule has 0 saturated heterocycles. The number of ether oxygens (including phenoxy) is 2. The lowest BCUT2D eigenvalue weighted by Crippen LogP contribution is -2.34. The minimum atomic E-state index is -0.376. The highest BCUT2D eigenvalue weighted by molar-refractivity contribution is 5.69. The van der Waals surface area contributed by atoms with Crippen molar-refractivity contribution >= 4 is 11.9 Å². The fourth-order valence-corrected chi connectivity index (χ4v) is 9.01. The van der Waals surface area contributed by atoms with Gasteiger partial charge >= 0.3 is 11.9 Å². The molecule has 2 unspecified atom stereocenters. The third kappa shape index (κ3) is 41.3. The third-order valence-electron chi connectivity index (χ3n) is 13.2. The van der Waals surface area contributed by atoms with Crippen molar-refractivity contribution in [3.05, 3.63) is 18.5 Å². The van der Waals surface area contributed by atoms with Crippen molar-refractivity contribution in [3.8, 4) is 0 Å². The Morgan fingerprint density at radius 1 is 0.524 bits per heavy atom. The molecule has 1 aromatic heterocycles. The molecule has 0 aliphatic carbocycles. The van der Waals surface area contributed by atoms with Gasteiger partial charge in [-0.05, 0) is 83.4 Å². The van der Waals surface area contributed by atoms with E-state index >= 15 is 0 Å². The van der Waals surface area contributed by atoms with Crippen LogP contribution in [-0.4, -0.2) is 71.2 Å². The summed E-state index contributed by atoms with van der Waals surface area (Å²) in [6.07, 6.45) is 51.3. The molecule has 63 heavy (non-hydrogen) atoms. The van der Waals surface area contributed by atoms with Crippen LogP contribution in [-0.2, 0) is 25.6 Å². The summed E-state index contributed by atoms with van der Waals surface area (Å²) in [7, 11) is 2.15. The number of aliphatic hydroxyl groups excluding tert-OH is 1. The standard InChI is InChI=1S/C55H105N3O5/c1-4-6-8-10-12-14-16-18-20-22-24-26-28-30-34-43-54(60)62-49-37-32-33-42-53(59)52(51-57(3)46-40-48-58-47-39-45-56-58)41-36-38-50-63-55(61)44-35-31-29-27-25-23-21-19-17-15-13-11-9-7-5-2/h39,45,47,52-53,59H,4-38,40-44,46,48-51H2,1-3H3. The highest BCUT2D eigenvalue weighted by Crippen LogP contribution is 2.21. The van der Waals surface area contributed by atoms with Crippen LogP contribution in [0, 0.1) is 5.92 Å². The number of hydrogen-bond donors (Lipinski definition) is 1. The Hall–Kier alpha value is -1.93. The summed E-state index contributed by atoms with van der Waals surface area (Å²) in [6, 6.07) is 1.96. The van der Waals surface area contributed by atoms with Gasteiger partial charge in [0.25, 0.3) is 0 Å². The van der Waals surface area contributed by atoms with Gasteiger partial charge in [0.05, 0.1) is 19.3 Å². The Morgan fingerprint density at radius 3 is 1.32 bits per heavy atom. The molecule has 0 bridgehead atoms. The summed E-state index contributed by atoms with van der Waals surface area (Å²) in [6.45, 7) is 8.19. The van der Waals surface area contributed by atoms with Gasteiger partial charge in [0, 0.05) is 38.3 Å². The van der Waals surface area contributed by atoms with Crippen LogP contribution in [0.3, 0.4) is 0 Å². The van der Waals surface area contributed by atoms with Crippen molar-refractivity contribution in [2.45, 2.75) is 283 Å². The molecule has 8 nitrogen and oxygen atoms in total. The van der Waals surface area contributed by atoms with Crippen LogP contribution in [0.15, 0.2) is 18.5 Å². The number of aromatic nitrogens is 2. The molecule has 370 valence electrons. The second-order valence-electron chi connectivity index (χ2n) is 19.4. The number of hydrogen-bond acceptors (Lipinski definition) is 7. The zero-order valence-electron chi connectivity index (χ0n) is 42.1. The van der Waals surface area contributed by atoms with E-state index in [4.69, 9.17) is 9.47 Å². The maximum atomic E-state index is 12.4. The van der Waals surface area contributed by atoms with Crippen molar-refractivity contribution in [1.82, 2.24) is 14.7 Å². The first kappa shape index (κ1) is 59.1. The van der Waals surface area contributed by atoms with E-state index in [9.17, 15) is 14.7 Å². The number of aryl methyl sites for hydroxylation is 1. The number of carbonyl (C=O) groups excluding carboxylic acids is 2. The van der Waals surface area contributed by atoms with E-state index in [0.29, 0.717) is 26.1 Å². The number of nitrogens with zero attached hydrogens (tertiary/aromatic N) is 3. The third-order valence-corrected chi connectivity index (χ3v) is 13.2. The van der Waals surface area contributed by atoms with Crippen LogP contribution >= 0.6 is 0 Å². The molecule has 8 heteroatoms. The lowest BCUT2D eigenvalue weighted by Gasteiger charge is -2.28. The van der Waals surface area contributed by atoms with Crippen LogP contribution in [0.4, 0.5) is 0 Å². The molecule has 0 saturated carbocycles. The zero-order chi connectivity index (χ0) is 45.5. The highest BCUT2D eigenvalue weighted by Gasteiger charge is 2.21. The van der Waals surface area contributed by atoms with Crippen molar-refractivity contribution in [2.75, 3.05) is 33.4 Å². The van der Waals surface area contributed by atoms with Crippen molar-refractivity contribution < 1.29 is 24.2 Å². The largest absolute Gasteiger partial charge is 0.466 e. The lowest BCUT2D eigenvalue weighted by atomic mass is 9.91. The Kier molecular flexibility index (Phi) is 43.7. The molecule has 0 aromatic carbocycles. The molecular formula is C55H105N3O5. The molecule has 1 N–H and O–H groups in total. The molecule has 0 amide bonds. The van der Waals surface area contributed by atoms with Crippen LogP contribution in [0.2, 0.25) is 0 Å². The molecule has 0 spiro atoms. The first-order valence-corrected chi connectivity index (χ1v) is 27.6. The van der Waals surface area contributed by atoms with E-state index in [0.717, 1.165) is 96.7 Å². The SMILES string of the molecule is CCCCCCCCCCCCCCCCCC(=O)OCCCCCC(O)C(CCCCOC(=O)CCCCCCCCCCCCCCCCC)CN(C)CCCn1cccn1. The van der Waals surface area contributed by atoms with E-state index in [2.05, 4.69) is 30.9 Å². The fraction of sp³-hybridized carbons (Fsp3) is 0.909. The van der Waals surface area contributed by atoms with E-state index in [1.807, 2.05) is 23.1 Å². The summed E-state index contributed by atoms with van der Waals surface area (Å²) in [4.78, 5) is 27.0. The van der Waals surface area contributed by atoms with E-state index in [-0.39, 0.29) is 24.0 Å². The first-order chi connectivity index (χ1) is 31.0. The number of esters is 2. The number of aliphatic hydroxyl groups is 1. The summed E-state index contributed by atoms with van der Waals surface area (Å²) in [5, 5.41) is 15.7. The van der Waals surface area contributed by atoms with Gasteiger partial charge in [-0.3, -0.25) is 14.3 Å². The van der Waals surface area contributed by atoms with Gasteiger partial charge in [0.1, 0.15) is 0 Å². The van der Waals surface area contributed by atoms with E-state index in [1.165, 1.54) is 167 Å². The second-order valence-corrected chi connectivity index (χ2v) is 19.4. The molecule has 0 aliphatic rings. The average molecular weight is 888 g/mol. The van der Waals surface area contributed by atoms with Gasteiger partial charge in [-0.25, -0.2) is 0 Å². The average Bonchev–Trinajstić information content (AvgIpc) is 3.80. The molecule has 0 fully saturated rings. The summed E-state index contributed by atoms with van der Waals surface area (Å²) in [5.41, 5.74) is 0. The van der Waals surface area contributed by atoms with E-state index < -0.39 is 0 Å². The second kappa shape index (κ2) is 46.6. The maximum absolute atomic E-state index is 12.4. The molecule has 1 aromatic rings. The quantitative estimate of drug-likeness (QED) is 0.0514. The zero-order valence-corrected chi connectivity index (χ0v) is 42.1. The van der Waals surface area contributed by atoms with Crippen LogP contribution in [0.5, 0.6) is 0 Å². The van der Waals surface area contributed by atoms with Crippen molar-refractivity contribution in [2.24, 2.45) is 5.92 Å². The molecule has 0 aliphatic heterocycles. The van der Waals surface area contributed by atoms with Crippen molar-refractivity contribution in [3.63, 3.8) is 0 Å². The van der Waals surface area contributed by atoms with Crippen LogP contribution < -0.4 is 0 Å². The summed E-state index contributed by atoms with van der Waals surface area (Å²) >= 11 is 0. The van der Waals surface area contributed by atoms with E-state index in [1.54, 1.807) is 0 Å². The van der Waals surface area contributed by atoms with Crippen molar-refractivity contribution in [1.29, 1.82) is 0 Å². The normalized spacial score (nSPS) is 12.6. The van der Waals surface area contributed by atoms with Gasteiger partial charge in [-0.1, -0.05) is 200 Å². The lowest BCUT2D eigenvalue weighted by molar-refractivity contribution is -0.144. The molecule has 1 rings (SSSR count). The minimum absolute atomic E-state index is 0.0592. The van der Waals surface area contributed by atoms with Gasteiger partial charge in [-0.2, -0.15) is 5.10 Å². The Balaban J connectivity index is 2.14. The van der Waals surface area contributed by atoms with Crippen LogP contribution in [0.1, 0.15) is 271 Å². The predicted molar refractivity (Wildman–Crippen MR) is 267 cm³/mol. The molecule has 1 heterocycles. The maximum Gasteiger partial charge on any atom is 0.305 e. The molecule has 0 radical (unpaired) electrons. The Morgan fingerprint density at radius 2 is 0.905 bits per heavy atom. The Labute approximate surface area is 390 Å². The van der Waals surface area contributed by atoms with Gasteiger partial charge in [0.2, 0.25) is 0 Å². The fourth-order valence-electron chi connectivity index (χ4n) is 9.01. The first-order valence-electron chi connectivity index (χ1n) is 27.6. The molecule has 2 atom stereocenters. The van der Waals surface area contributed by atoms with Crippen LogP contribution in [0.25, 0.3) is 0 Å². The number of rotatable bonds is 50. The predicted octanol–water partition coefficient (Wildman–Crippen LogP) is 15.5. The number of unbranched alkanes of at least 4 members (excludes halogenated alkanes) is 31. The van der Waals surface area contributed by atoms with Gasteiger partial charge in [-0.15, -0.1) is 0 Å². The summed E-state index contributed by atoms with van der Waals surface area (Å²) < 4.78 is 13.1. The monoisotopic (exact) mass is 888 g/mol. The Bertz CT molecular complexity index is 1080.